The second-order valence-corrected chi connectivity index (χ2v) is 9.33. The summed E-state index contributed by atoms with van der Waals surface area (Å²) in [6, 6.07) is 8.79. The summed E-state index contributed by atoms with van der Waals surface area (Å²) in [4.78, 5) is 50.8. The molecule has 1 aliphatic rings. The van der Waals surface area contributed by atoms with Gasteiger partial charge < -0.3 is 16.0 Å². The Balaban J connectivity index is 1.62. The second-order valence-electron chi connectivity index (χ2n) is 8.43. The van der Waals surface area contributed by atoms with E-state index in [9.17, 15) is 14.4 Å². The highest BCUT2D eigenvalue weighted by atomic mass is 32.1. The predicted molar refractivity (Wildman–Crippen MR) is 133 cm³/mol. The summed E-state index contributed by atoms with van der Waals surface area (Å²) in [6.07, 6.45) is 3.15. The van der Waals surface area contributed by atoms with Crippen molar-refractivity contribution in [3.63, 3.8) is 0 Å². The number of carbonyl (C=O) groups is 3. The molecule has 10 heteroatoms. The van der Waals surface area contributed by atoms with Crippen molar-refractivity contribution < 1.29 is 14.4 Å². The highest BCUT2D eigenvalue weighted by Gasteiger charge is 2.34. The maximum Gasteiger partial charge on any atom is 0.240 e. The third-order valence-electron chi connectivity index (χ3n) is 5.76. The molecule has 1 fully saturated rings. The highest BCUT2D eigenvalue weighted by molar-refractivity contribution is 7.11. The number of likely N-dealkylation sites (N-methyl/N-ethyl adjacent to an activating group) is 1. The minimum Gasteiger partial charge on any atom is -0.388 e. The van der Waals surface area contributed by atoms with Crippen LogP contribution >= 0.6 is 11.3 Å². The lowest BCUT2D eigenvalue weighted by atomic mass is 10.0. The number of hydrogen-bond donors (Lipinski definition) is 2. The average molecular weight is 485 g/mol. The third-order valence-corrected chi connectivity index (χ3v) is 6.55. The minimum absolute atomic E-state index is 0.0803. The van der Waals surface area contributed by atoms with E-state index < -0.39 is 6.04 Å². The number of nitrogens with one attached hydrogen (secondary N) is 1. The Kier molecular flexibility index (Phi) is 9.29. The number of aromatic nitrogens is 1. The zero-order valence-corrected chi connectivity index (χ0v) is 20.5. The van der Waals surface area contributed by atoms with Gasteiger partial charge in [-0.1, -0.05) is 30.3 Å². The molecule has 9 nitrogen and oxygen atoms in total. The van der Waals surface area contributed by atoms with Crippen LogP contribution in [-0.4, -0.2) is 83.5 Å². The number of carbonyl (C=O) groups excluding carboxylic acids is 3. The minimum atomic E-state index is -0.727. The quantitative estimate of drug-likeness (QED) is 0.215. The summed E-state index contributed by atoms with van der Waals surface area (Å²) in [5.41, 5.74) is 6.65. The van der Waals surface area contributed by atoms with Crippen LogP contribution < -0.4 is 11.1 Å². The number of nitrogens with two attached hydrogens (primary N) is 1. The number of Topliss-reactive ketones (excluding diaryl/α,β-unsaturated/α-hetero) is 1. The lowest BCUT2D eigenvalue weighted by molar-refractivity contribution is -0.144. The monoisotopic (exact) mass is 484 g/mol. The van der Waals surface area contributed by atoms with Crippen molar-refractivity contribution in [3.05, 3.63) is 52.5 Å². The first kappa shape index (κ1) is 25.5. The number of amides is 2. The first-order chi connectivity index (χ1) is 16.3. The zero-order chi connectivity index (χ0) is 24.5. The van der Waals surface area contributed by atoms with Crippen LogP contribution in [0.4, 0.5) is 0 Å². The number of nitrogens with zero attached hydrogens (tertiary/aromatic N) is 4. The van der Waals surface area contributed by atoms with E-state index >= 15 is 0 Å². The van der Waals surface area contributed by atoms with Crippen molar-refractivity contribution in [2.24, 2.45) is 10.7 Å². The number of rotatable bonds is 11. The molecule has 2 atom stereocenters. The van der Waals surface area contributed by atoms with Crippen LogP contribution in [0.5, 0.6) is 0 Å². The molecule has 2 aromatic rings. The van der Waals surface area contributed by atoms with Gasteiger partial charge in [0.2, 0.25) is 17.6 Å². The first-order valence-electron chi connectivity index (χ1n) is 11.4. The van der Waals surface area contributed by atoms with Crippen molar-refractivity contribution in [3.8, 4) is 0 Å². The smallest absolute Gasteiger partial charge is 0.240 e. The molecule has 3 N–H and O–H groups in total. The molecular weight excluding hydrogens is 452 g/mol. The molecule has 34 heavy (non-hydrogen) atoms. The van der Waals surface area contributed by atoms with E-state index in [2.05, 4.69) is 15.3 Å². The van der Waals surface area contributed by atoms with Crippen LogP contribution in [0.2, 0.25) is 0 Å². The fourth-order valence-corrected chi connectivity index (χ4v) is 4.54. The van der Waals surface area contributed by atoms with Gasteiger partial charge in [0.25, 0.3) is 0 Å². The van der Waals surface area contributed by atoms with Crippen molar-refractivity contribution in [2.45, 2.75) is 38.3 Å². The van der Waals surface area contributed by atoms with E-state index in [1.165, 1.54) is 11.3 Å². The van der Waals surface area contributed by atoms with Crippen LogP contribution in [0, 0.1) is 0 Å². The normalized spacial score (nSPS) is 18.1. The van der Waals surface area contributed by atoms with E-state index in [1.807, 2.05) is 42.3 Å². The van der Waals surface area contributed by atoms with Crippen LogP contribution in [0.25, 0.3) is 0 Å². The molecule has 182 valence electrons. The molecule has 3 rings (SSSR count). The molecule has 1 aliphatic heterocycles. The average Bonchev–Trinajstić information content (AvgIpc) is 3.35. The van der Waals surface area contributed by atoms with Crippen LogP contribution in [0.1, 0.15) is 35.1 Å². The van der Waals surface area contributed by atoms with Gasteiger partial charge in [0.1, 0.15) is 0 Å². The summed E-state index contributed by atoms with van der Waals surface area (Å²) in [5.74, 6) is -0.193. The molecule has 0 aliphatic carbocycles. The molecule has 0 bridgehead atoms. The van der Waals surface area contributed by atoms with Crippen LogP contribution in [-0.2, 0) is 16.0 Å². The van der Waals surface area contributed by atoms with E-state index in [4.69, 9.17) is 5.73 Å². The van der Waals surface area contributed by atoms with E-state index in [-0.39, 0.29) is 30.2 Å². The number of benzene rings is 1. The largest absolute Gasteiger partial charge is 0.388 e. The van der Waals surface area contributed by atoms with Crippen molar-refractivity contribution in [1.29, 1.82) is 0 Å². The molecule has 2 amide bonds. The molecule has 2 heterocycles. The summed E-state index contributed by atoms with van der Waals surface area (Å²) in [6.45, 7) is 3.23. The molecular formula is C24H32N6O3S. The predicted octanol–water partition coefficient (Wildman–Crippen LogP) is 1.35. The summed E-state index contributed by atoms with van der Waals surface area (Å²) in [5, 5.41) is 4.90. The SMILES string of the molecule is CC(N)=NCCCC(NC(=O)CN1CCN(C)C(Cc2ccccc2)C1=O)C(=O)c1nccs1. The molecule has 1 saturated heterocycles. The molecule has 2 unspecified atom stereocenters. The standard InChI is InChI=1S/C24H32N6O3S/c1-17(25)26-10-6-9-19(22(32)23-27-11-14-34-23)28-21(31)16-30-13-12-29(2)20(24(30)33)15-18-7-4-3-5-8-18/h3-5,7-8,11,14,19-20H,6,9-10,12-13,15-16H2,1-2H3,(H2,25,26)(H,28,31). The number of hydrogen-bond acceptors (Lipinski definition) is 7. The molecule has 0 radical (unpaired) electrons. The molecule has 1 aromatic heterocycles. The second kappa shape index (κ2) is 12.4. The fourth-order valence-electron chi connectivity index (χ4n) is 3.91. The fraction of sp³-hybridized carbons (Fsp3) is 0.458. The van der Waals surface area contributed by atoms with Crippen LogP contribution in [0.3, 0.4) is 0 Å². The van der Waals surface area contributed by atoms with Crippen molar-refractivity contribution in [2.75, 3.05) is 33.2 Å². The maximum atomic E-state index is 13.2. The van der Waals surface area contributed by atoms with Gasteiger partial charge >= 0.3 is 0 Å². The number of thiazole rings is 1. The number of amidine groups is 1. The van der Waals surface area contributed by atoms with Gasteiger partial charge in [-0.2, -0.15) is 0 Å². The number of aliphatic imine (C=N–C) groups is 1. The van der Waals surface area contributed by atoms with Gasteiger partial charge in [-0.05, 0) is 38.8 Å². The van der Waals surface area contributed by atoms with E-state index in [0.29, 0.717) is 49.7 Å². The van der Waals surface area contributed by atoms with Gasteiger partial charge in [0, 0.05) is 31.2 Å². The number of ketones is 1. The summed E-state index contributed by atoms with van der Waals surface area (Å²) < 4.78 is 0. The van der Waals surface area contributed by atoms with Crippen molar-refractivity contribution in [1.82, 2.24) is 20.1 Å². The Morgan fingerprint density at radius 2 is 2.06 bits per heavy atom. The molecule has 0 saturated carbocycles. The Hall–Kier alpha value is -3.11. The summed E-state index contributed by atoms with van der Waals surface area (Å²) in [7, 11) is 1.93. The van der Waals surface area contributed by atoms with E-state index in [0.717, 1.165) is 5.56 Å². The maximum absolute atomic E-state index is 13.2. The number of piperazine rings is 1. The lowest BCUT2D eigenvalue weighted by Crippen LogP contribution is -2.58. The first-order valence-corrected chi connectivity index (χ1v) is 12.3. The lowest BCUT2D eigenvalue weighted by Gasteiger charge is -2.38. The van der Waals surface area contributed by atoms with Gasteiger partial charge in [-0.25, -0.2) is 4.98 Å². The third kappa shape index (κ3) is 7.19. The summed E-state index contributed by atoms with van der Waals surface area (Å²) >= 11 is 1.24. The van der Waals surface area contributed by atoms with Crippen molar-refractivity contribution >= 4 is 34.8 Å². The van der Waals surface area contributed by atoms with Gasteiger partial charge in [-0.3, -0.25) is 24.3 Å². The Morgan fingerprint density at radius 1 is 1.29 bits per heavy atom. The van der Waals surface area contributed by atoms with Crippen LogP contribution in [0.15, 0.2) is 46.9 Å². The Morgan fingerprint density at radius 3 is 2.74 bits per heavy atom. The van der Waals surface area contributed by atoms with E-state index in [1.54, 1.807) is 23.4 Å². The topological polar surface area (TPSA) is 121 Å². The van der Waals surface area contributed by atoms with Gasteiger partial charge in [-0.15, -0.1) is 11.3 Å². The zero-order valence-electron chi connectivity index (χ0n) is 19.6. The van der Waals surface area contributed by atoms with Gasteiger partial charge in [0.15, 0.2) is 5.01 Å². The Bertz CT molecular complexity index is 991. The Labute approximate surface area is 204 Å². The molecule has 0 spiro atoms. The van der Waals surface area contributed by atoms with Gasteiger partial charge in [0.05, 0.1) is 24.5 Å². The molecule has 1 aromatic carbocycles. The highest BCUT2D eigenvalue weighted by Crippen LogP contribution is 2.16.